The third kappa shape index (κ3) is 2.37. The van der Waals surface area contributed by atoms with Gasteiger partial charge in [0.2, 0.25) is 5.69 Å². The van der Waals surface area contributed by atoms with E-state index in [1.54, 1.807) is 0 Å². The van der Waals surface area contributed by atoms with Crippen LogP contribution in [0.5, 0.6) is 0 Å². The van der Waals surface area contributed by atoms with Crippen molar-refractivity contribution < 1.29 is 4.57 Å². The minimum Gasteiger partial charge on any atom is -0.256 e. The summed E-state index contributed by atoms with van der Waals surface area (Å²) in [6.45, 7) is 2.16. The highest BCUT2D eigenvalue weighted by Gasteiger charge is 2.18. The molecule has 0 amide bonds. The number of aryl methyl sites for hydroxylation is 2. The molecule has 0 spiro atoms. The minimum atomic E-state index is 1.01. The molecule has 0 saturated heterocycles. The first-order valence-electron chi connectivity index (χ1n) is 8.14. The number of aromatic nitrogens is 2. The summed E-state index contributed by atoms with van der Waals surface area (Å²) in [5, 5.41) is 2.48. The van der Waals surface area contributed by atoms with E-state index in [1.807, 2.05) is 18.3 Å². The molecule has 0 unspecified atom stereocenters. The molecule has 2 aromatic heterocycles. The monoisotopic (exact) mass is 311 g/mol. The molecule has 0 aliphatic heterocycles. The molecule has 0 aliphatic rings. The smallest absolute Gasteiger partial charge is 0.220 e. The Morgan fingerprint density at radius 2 is 1.54 bits per heavy atom. The van der Waals surface area contributed by atoms with Crippen LogP contribution in [-0.4, -0.2) is 4.98 Å². The zero-order valence-electron chi connectivity index (χ0n) is 13.9. The lowest BCUT2D eigenvalue weighted by Crippen LogP contribution is -2.30. The van der Waals surface area contributed by atoms with Gasteiger partial charge in [0.25, 0.3) is 0 Å². The Bertz CT molecular complexity index is 1020. The van der Waals surface area contributed by atoms with E-state index in [9.17, 15) is 0 Å². The topological polar surface area (TPSA) is 16.8 Å². The molecule has 2 heterocycles. The van der Waals surface area contributed by atoms with Crippen molar-refractivity contribution >= 4 is 10.8 Å². The fourth-order valence-electron chi connectivity index (χ4n) is 3.32. The maximum absolute atomic E-state index is 4.53. The number of fused-ring (bicyclic) bond motifs is 1. The number of benzene rings is 2. The Morgan fingerprint density at radius 1 is 0.750 bits per heavy atom. The minimum absolute atomic E-state index is 1.01. The second-order valence-corrected chi connectivity index (χ2v) is 6.07. The third-order valence-electron chi connectivity index (χ3n) is 4.52. The molecule has 2 nitrogen and oxygen atoms in total. The van der Waals surface area contributed by atoms with Crippen molar-refractivity contribution in [2.24, 2.45) is 7.05 Å². The summed E-state index contributed by atoms with van der Waals surface area (Å²) < 4.78 is 2.20. The predicted molar refractivity (Wildman–Crippen MR) is 98.5 cm³/mol. The van der Waals surface area contributed by atoms with Gasteiger partial charge in [-0.3, -0.25) is 4.98 Å². The largest absolute Gasteiger partial charge is 0.256 e. The van der Waals surface area contributed by atoms with Crippen molar-refractivity contribution in [2.45, 2.75) is 6.92 Å². The molecule has 0 saturated carbocycles. The number of hydrogen-bond donors (Lipinski definition) is 0. The van der Waals surface area contributed by atoms with Crippen LogP contribution >= 0.6 is 0 Å². The SMILES string of the molecule is Cc1ccccc1-c1c2cccc(-c3ccccn3)c2cc[n+]1C. The van der Waals surface area contributed by atoms with Crippen molar-refractivity contribution in [3.05, 3.63) is 84.7 Å². The Kier molecular flexibility index (Phi) is 3.58. The summed E-state index contributed by atoms with van der Waals surface area (Å²) in [5.74, 6) is 0. The number of hydrogen-bond acceptors (Lipinski definition) is 1. The second-order valence-electron chi connectivity index (χ2n) is 6.07. The molecule has 4 aromatic rings. The first-order valence-corrected chi connectivity index (χ1v) is 8.14. The zero-order chi connectivity index (χ0) is 16.5. The fourth-order valence-corrected chi connectivity index (χ4v) is 3.32. The normalized spacial score (nSPS) is 10.9. The van der Waals surface area contributed by atoms with Gasteiger partial charge in [0.05, 0.1) is 11.1 Å². The highest BCUT2D eigenvalue weighted by molar-refractivity contribution is 6.01. The molecule has 4 rings (SSSR count). The van der Waals surface area contributed by atoms with Gasteiger partial charge in [-0.25, -0.2) is 4.57 Å². The number of rotatable bonds is 2. The van der Waals surface area contributed by atoms with Gasteiger partial charge in [0.1, 0.15) is 7.05 Å². The fraction of sp³-hybridized carbons (Fsp3) is 0.0909. The van der Waals surface area contributed by atoms with Crippen LogP contribution in [-0.2, 0) is 7.05 Å². The quantitative estimate of drug-likeness (QED) is 0.490. The van der Waals surface area contributed by atoms with E-state index in [2.05, 4.69) is 84.3 Å². The number of nitrogens with zero attached hydrogens (tertiary/aromatic N) is 2. The maximum Gasteiger partial charge on any atom is 0.220 e. The van der Waals surface area contributed by atoms with Gasteiger partial charge in [-0.15, -0.1) is 0 Å². The molecular formula is C22H19N2+. The zero-order valence-corrected chi connectivity index (χ0v) is 13.9. The lowest BCUT2D eigenvalue weighted by atomic mass is 9.96. The Balaban J connectivity index is 2.06. The molecule has 0 radical (unpaired) electrons. The van der Waals surface area contributed by atoms with Gasteiger partial charge in [0, 0.05) is 28.8 Å². The third-order valence-corrected chi connectivity index (χ3v) is 4.52. The van der Waals surface area contributed by atoms with Crippen LogP contribution in [0.4, 0.5) is 0 Å². The van der Waals surface area contributed by atoms with Crippen LogP contribution in [0, 0.1) is 6.92 Å². The molecule has 0 fully saturated rings. The number of pyridine rings is 2. The summed E-state index contributed by atoms with van der Waals surface area (Å²) in [4.78, 5) is 4.53. The molecular weight excluding hydrogens is 292 g/mol. The Morgan fingerprint density at radius 3 is 2.33 bits per heavy atom. The maximum atomic E-state index is 4.53. The first-order chi connectivity index (χ1) is 11.8. The van der Waals surface area contributed by atoms with Gasteiger partial charge in [-0.2, -0.15) is 0 Å². The van der Waals surface area contributed by atoms with Gasteiger partial charge in [-0.1, -0.05) is 36.4 Å². The second kappa shape index (κ2) is 5.89. The predicted octanol–water partition coefficient (Wildman–Crippen LogP) is 4.70. The van der Waals surface area contributed by atoms with Crippen molar-refractivity contribution in [2.75, 3.05) is 0 Å². The van der Waals surface area contributed by atoms with E-state index in [1.165, 1.54) is 33.2 Å². The van der Waals surface area contributed by atoms with Crippen LogP contribution in [0.25, 0.3) is 33.3 Å². The molecule has 0 atom stereocenters. The van der Waals surface area contributed by atoms with Crippen LogP contribution < -0.4 is 4.57 Å². The van der Waals surface area contributed by atoms with Crippen molar-refractivity contribution in [3.8, 4) is 22.5 Å². The van der Waals surface area contributed by atoms with Crippen LogP contribution in [0.2, 0.25) is 0 Å². The van der Waals surface area contributed by atoms with Gasteiger partial charge in [0.15, 0.2) is 6.20 Å². The summed E-state index contributed by atoms with van der Waals surface area (Å²) in [6, 6.07) is 23.2. The van der Waals surface area contributed by atoms with Crippen LogP contribution in [0.1, 0.15) is 5.56 Å². The van der Waals surface area contributed by atoms with E-state index in [0.717, 1.165) is 5.69 Å². The van der Waals surface area contributed by atoms with Crippen molar-refractivity contribution in [1.82, 2.24) is 4.98 Å². The summed E-state index contributed by atoms with van der Waals surface area (Å²) >= 11 is 0. The highest BCUT2D eigenvalue weighted by atomic mass is 14.9. The van der Waals surface area contributed by atoms with E-state index >= 15 is 0 Å². The van der Waals surface area contributed by atoms with Crippen LogP contribution in [0.3, 0.4) is 0 Å². The van der Waals surface area contributed by atoms with E-state index in [0.29, 0.717) is 0 Å². The van der Waals surface area contributed by atoms with Crippen molar-refractivity contribution in [3.63, 3.8) is 0 Å². The highest BCUT2D eigenvalue weighted by Crippen LogP contribution is 2.32. The van der Waals surface area contributed by atoms with E-state index < -0.39 is 0 Å². The molecule has 116 valence electrons. The van der Waals surface area contributed by atoms with Gasteiger partial charge >= 0.3 is 0 Å². The standard InChI is InChI=1S/C22H19N2/c1-16-8-3-4-9-17(16)22-20-11-7-10-19(18(20)13-15-24(22)2)21-12-5-6-14-23-21/h3-15H,1-2H3/q+1. The lowest BCUT2D eigenvalue weighted by molar-refractivity contribution is -0.659. The molecule has 24 heavy (non-hydrogen) atoms. The average Bonchev–Trinajstić information content (AvgIpc) is 2.63. The Labute approximate surface area is 142 Å². The molecule has 2 aromatic carbocycles. The lowest BCUT2D eigenvalue weighted by Gasteiger charge is -2.10. The van der Waals surface area contributed by atoms with E-state index in [4.69, 9.17) is 0 Å². The molecule has 0 N–H and O–H groups in total. The van der Waals surface area contributed by atoms with Gasteiger partial charge in [-0.05, 0) is 36.8 Å². The molecule has 2 heteroatoms. The summed E-state index contributed by atoms with van der Waals surface area (Å²) in [5.41, 5.74) is 5.97. The summed E-state index contributed by atoms with van der Waals surface area (Å²) in [7, 11) is 2.11. The van der Waals surface area contributed by atoms with Gasteiger partial charge < -0.3 is 0 Å². The molecule has 0 aliphatic carbocycles. The Hall–Kier alpha value is -3.00. The summed E-state index contributed by atoms with van der Waals surface area (Å²) in [6.07, 6.45) is 3.98. The first kappa shape index (κ1) is 14.6. The van der Waals surface area contributed by atoms with Crippen molar-refractivity contribution in [1.29, 1.82) is 0 Å². The molecule has 0 bridgehead atoms. The van der Waals surface area contributed by atoms with E-state index in [-0.39, 0.29) is 0 Å². The average molecular weight is 311 g/mol. The van der Waals surface area contributed by atoms with Crippen LogP contribution in [0.15, 0.2) is 79.1 Å².